The molecule has 2 nitrogen and oxygen atoms in total. The van der Waals surface area contributed by atoms with Gasteiger partial charge in [-0.3, -0.25) is 0 Å². The van der Waals surface area contributed by atoms with Crippen molar-refractivity contribution in [2.24, 2.45) is 5.41 Å². The third-order valence-electron chi connectivity index (χ3n) is 4.16. The summed E-state index contributed by atoms with van der Waals surface area (Å²) in [6.07, 6.45) is 4.51. The molecule has 2 aliphatic rings. The Morgan fingerprint density at radius 1 is 1.00 bits per heavy atom. The highest BCUT2D eigenvalue weighted by Crippen LogP contribution is 2.44. The molecule has 0 amide bonds. The first-order valence-corrected chi connectivity index (χ1v) is 6.18. The summed E-state index contributed by atoms with van der Waals surface area (Å²) in [6, 6.07) is 0. The van der Waals surface area contributed by atoms with Crippen LogP contribution >= 0.6 is 0 Å². The third-order valence-corrected chi connectivity index (χ3v) is 4.16. The molecule has 1 fully saturated rings. The quantitative estimate of drug-likeness (QED) is 0.633. The maximum absolute atomic E-state index is 6.05. The number of hydrogen-bond acceptors (Lipinski definition) is 2. The summed E-state index contributed by atoms with van der Waals surface area (Å²) in [7, 11) is -0.133. The molecule has 1 aliphatic heterocycles. The molecular weight excluding hydrogens is 199 g/mol. The second-order valence-electron chi connectivity index (χ2n) is 6.91. The topological polar surface area (TPSA) is 18.5 Å². The fourth-order valence-electron chi connectivity index (χ4n) is 2.28. The van der Waals surface area contributed by atoms with Crippen LogP contribution in [-0.2, 0) is 9.31 Å². The normalized spacial score (nSPS) is 30.6. The van der Waals surface area contributed by atoms with Gasteiger partial charge in [0.2, 0.25) is 0 Å². The molecule has 0 bridgehead atoms. The number of hydrogen-bond donors (Lipinski definition) is 0. The largest absolute Gasteiger partial charge is 0.490 e. The zero-order valence-electron chi connectivity index (χ0n) is 11.4. The summed E-state index contributed by atoms with van der Waals surface area (Å²) in [4.78, 5) is 0. The van der Waals surface area contributed by atoms with Gasteiger partial charge in [0.05, 0.1) is 11.2 Å². The molecule has 0 aromatic carbocycles. The van der Waals surface area contributed by atoms with E-state index in [1.807, 2.05) is 0 Å². The first-order chi connectivity index (χ1) is 7.13. The maximum Gasteiger partial charge on any atom is 0.490 e. The van der Waals surface area contributed by atoms with Crippen molar-refractivity contribution in [3.05, 3.63) is 11.5 Å². The summed E-state index contributed by atoms with van der Waals surface area (Å²) in [5.74, 6) is 0. The molecule has 0 atom stereocenters. The standard InChI is InChI=1S/C13H23BO2/c1-11(2)8-7-10(9-11)14-15-12(3,4)13(5,6)16-14/h7H,8-9H2,1-6H3. The summed E-state index contributed by atoms with van der Waals surface area (Å²) in [5, 5.41) is 0. The van der Waals surface area contributed by atoms with Crippen LogP contribution in [0.2, 0.25) is 0 Å². The van der Waals surface area contributed by atoms with Crippen LogP contribution in [0.25, 0.3) is 0 Å². The van der Waals surface area contributed by atoms with Gasteiger partial charge in [-0.05, 0) is 51.4 Å². The average Bonchev–Trinajstić information content (AvgIpc) is 2.52. The van der Waals surface area contributed by atoms with E-state index in [-0.39, 0.29) is 18.3 Å². The van der Waals surface area contributed by atoms with Gasteiger partial charge < -0.3 is 9.31 Å². The molecule has 2 rings (SSSR count). The summed E-state index contributed by atoms with van der Waals surface area (Å²) in [5.41, 5.74) is 1.26. The van der Waals surface area contributed by atoms with Crippen LogP contribution in [0, 0.1) is 5.41 Å². The Morgan fingerprint density at radius 3 is 1.88 bits per heavy atom. The van der Waals surface area contributed by atoms with Crippen LogP contribution in [0.4, 0.5) is 0 Å². The smallest absolute Gasteiger partial charge is 0.400 e. The molecule has 1 heterocycles. The van der Waals surface area contributed by atoms with Crippen LogP contribution in [0.5, 0.6) is 0 Å². The van der Waals surface area contributed by atoms with Crippen molar-refractivity contribution < 1.29 is 9.31 Å². The third kappa shape index (κ3) is 1.95. The molecule has 1 saturated heterocycles. The molecule has 90 valence electrons. The van der Waals surface area contributed by atoms with Crippen molar-refractivity contribution in [3.8, 4) is 0 Å². The second-order valence-corrected chi connectivity index (χ2v) is 6.91. The molecule has 0 aromatic rings. The van der Waals surface area contributed by atoms with Gasteiger partial charge in [-0.25, -0.2) is 0 Å². The number of rotatable bonds is 1. The van der Waals surface area contributed by atoms with E-state index >= 15 is 0 Å². The van der Waals surface area contributed by atoms with E-state index in [2.05, 4.69) is 47.6 Å². The second kappa shape index (κ2) is 3.36. The highest BCUT2D eigenvalue weighted by Gasteiger charge is 2.53. The Labute approximate surface area is 99.5 Å². The monoisotopic (exact) mass is 222 g/mol. The van der Waals surface area contributed by atoms with Gasteiger partial charge in [0.15, 0.2) is 0 Å². The first kappa shape index (κ1) is 12.2. The molecule has 0 radical (unpaired) electrons. The van der Waals surface area contributed by atoms with Crippen LogP contribution < -0.4 is 0 Å². The van der Waals surface area contributed by atoms with E-state index in [0.29, 0.717) is 5.41 Å². The summed E-state index contributed by atoms with van der Waals surface area (Å²) >= 11 is 0. The predicted octanol–water partition coefficient (Wildman–Crippen LogP) is 3.36. The lowest BCUT2D eigenvalue weighted by Crippen LogP contribution is -2.41. The molecule has 1 aliphatic carbocycles. The van der Waals surface area contributed by atoms with Gasteiger partial charge >= 0.3 is 7.12 Å². The van der Waals surface area contributed by atoms with E-state index in [1.165, 1.54) is 5.47 Å². The van der Waals surface area contributed by atoms with Crippen LogP contribution in [-0.4, -0.2) is 18.3 Å². The van der Waals surface area contributed by atoms with Gasteiger partial charge in [-0.15, -0.1) is 0 Å². The fourth-order valence-corrected chi connectivity index (χ4v) is 2.28. The van der Waals surface area contributed by atoms with Gasteiger partial charge in [-0.1, -0.05) is 19.9 Å². The minimum absolute atomic E-state index is 0.133. The van der Waals surface area contributed by atoms with Crippen molar-refractivity contribution in [3.63, 3.8) is 0 Å². The lowest BCUT2D eigenvalue weighted by molar-refractivity contribution is 0.00578. The lowest BCUT2D eigenvalue weighted by atomic mass is 9.74. The minimum Gasteiger partial charge on any atom is -0.400 e. The van der Waals surface area contributed by atoms with Crippen molar-refractivity contribution in [2.75, 3.05) is 0 Å². The van der Waals surface area contributed by atoms with E-state index in [4.69, 9.17) is 9.31 Å². The molecule has 0 aromatic heterocycles. The SMILES string of the molecule is CC1(C)CC=C(B2OC(C)(C)C(C)(C)O2)C1. The Morgan fingerprint density at radius 2 is 1.50 bits per heavy atom. The van der Waals surface area contributed by atoms with E-state index < -0.39 is 0 Å². The zero-order valence-corrected chi connectivity index (χ0v) is 11.4. The maximum atomic E-state index is 6.05. The van der Waals surface area contributed by atoms with Crippen molar-refractivity contribution in [2.45, 2.75) is 65.6 Å². The van der Waals surface area contributed by atoms with E-state index in [9.17, 15) is 0 Å². The van der Waals surface area contributed by atoms with Crippen molar-refractivity contribution >= 4 is 7.12 Å². The van der Waals surface area contributed by atoms with Crippen LogP contribution in [0.15, 0.2) is 11.5 Å². The van der Waals surface area contributed by atoms with Gasteiger partial charge in [0.25, 0.3) is 0 Å². The highest BCUT2D eigenvalue weighted by molar-refractivity contribution is 6.54. The minimum atomic E-state index is -0.217. The molecular formula is C13H23BO2. The van der Waals surface area contributed by atoms with Crippen LogP contribution in [0.3, 0.4) is 0 Å². The van der Waals surface area contributed by atoms with E-state index in [0.717, 1.165) is 12.8 Å². The van der Waals surface area contributed by atoms with Gasteiger partial charge in [0, 0.05) is 0 Å². The Bertz CT molecular complexity index is 313. The molecule has 16 heavy (non-hydrogen) atoms. The van der Waals surface area contributed by atoms with Crippen molar-refractivity contribution in [1.29, 1.82) is 0 Å². The molecule has 0 spiro atoms. The highest BCUT2D eigenvalue weighted by atomic mass is 16.7. The van der Waals surface area contributed by atoms with Crippen molar-refractivity contribution in [1.82, 2.24) is 0 Å². The van der Waals surface area contributed by atoms with Gasteiger partial charge in [0.1, 0.15) is 0 Å². The lowest BCUT2D eigenvalue weighted by Gasteiger charge is -2.32. The molecule has 0 N–H and O–H groups in total. The fraction of sp³-hybridized carbons (Fsp3) is 0.846. The Kier molecular flexibility index (Phi) is 2.56. The molecule has 0 saturated carbocycles. The summed E-state index contributed by atoms with van der Waals surface area (Å²) in [6.45, 7) is 13.0. The van der Waals surface area contributed by atoms with Crippen LogP contribution in [0.1, 0.15) is 54.4 Å². The summed E-state index contributed by atoms with van der Waals surface area (Å²) < 4.78 is 12.1. The first-order valence-electron chi connectivity index (χ1n) is 6.18. The molecule has 3 heteroatoms. The Balaban J connectivity index is 2.11. The van der Waals surface area contributed by atoms with E-state index in [1.54, 1.807) is 0 Å². The number of allylic oxidation sites excluding steroid dienone is 2. The molecule has 0 unspecified atom stereocenters. The average molecular weight is 222 g/mol. The zero-order chi connectivity index (χ0) is 12.2. The van der Waals surface area contributed by atoms with Gasteiger partial charge in [-0.2, -0.15) is 0 Å². The Hall–Kier alpha value is -0.275. The predicted molar refractivity (Wildman–Crippen MR) is 67.2 cm³/mol.